The summed E-state index contributed by atoms with van der Waals surface area (Å²) in [5.74, 6) is -0.464. The molecule has 2 saturated heterocycles. The van der Waals surface area contributed by atoms with Gasteiger partial charge in [-0.1, -0.05) is 60.7 Å². The molecule has 2 aromatic carbocycles. The Morgan fingerprint density at radius 2 is 1.61 bits per heavy atom. The Bertz CT molecular complexity index is 966. The molecule has 2 heterocycles. The Balaban J connectivity index is 1.58. The van der Waals surface area contributed by atoms with E-state index < -0.39 is 0 Å². The molecule has 3 amide bonds. The van der Waals surface area contributed by atoms with Crippen molar-refractivity contribution in [1.82, 2.24) is 14.7 Å². The number of primary amides is 1. The lowest BCUT2D eigenvalue weighted by molar-refractivity contribution is -0.148. The fourth-order valence-electron chi connectivity index (χ4n) is 5.04. The van der Waals surface area contributed by atoms with Gasteiger partial charge in [-0.25, -0.2) is 0 Å². The Morgan fingerprint density at radius 3 is 2.30 bits per heavy atom. The summed E-state index contributed by atoms with van der Waals surface area (Å²) in [5.41, 5.74) is 7.40. The normalized spacial score (nSPS) is 22.1. The molecule has 0 aromatic heterocycles. The lowest BCUT2D eigenvalue weighted by Gasteiger charge is -2.42. The van der Waals surface area contributed by atoms with E-state index in [4.69, 9.17) is 5.73 Å². The van der Waals surface area contributed by atoms with Crippen molar-refractivity contribution in [3.63, 3.8) is 0 Å². The van der Waals surface area contributed by atoms with Crippen LogP contribution < -0.4 is 5.73 Å². The molecule has 4 rings (SSSR count). The maximum absolute atomic E-state index is 13.8. The van der Waals surface area contributed by atoms with Crippen molar-refractivity contribution in [1.29, 1.82) is 0 Å². The molecule has 2 aromatic rings. The number of carbonyl (C=O) groups is 3. The summed E-state index contributed by atoms with van der Waals surface area (Å²) < 4.78 is 0. The predicted molar refractivity (Wildman–Crippen MR) is 126 cm³/mol. The number of nitrogens with zero attached hydrogens (tertiary/aromatic N) is 3. The van der Waals surface area contributed by atoms with Crippen molar-refractivity contribution in [3.8, 4) is 0 Å². The summed E-state index contributed by atoms with van der Waals surface area (Å²) >= 11 is 0. The van der Waals surface area contributed by atoms with Crippen LogP contribution in [0.3, 0.4) is 0 Å². The lowest BCUT2D eigenvalue weighted by atomic mass is 9.83. The van der Waals surface area contributed by atoms with Gasteiger partial charge in [0.25, 0.3) is 0 Å². The minimum Gasteiger partial charge on any atom is -0.369 e. The fourth-order valence-corrected chi connectivity index (χ4v) is 5.04. The number of likely N-dealkylation sites (tertiary alicyclic amines) is 1. The maximum atomic E-state index is 13.8. The van der Waals surface area contributed by atoms with Crippen LogP contribution in [0.15, 0.2) is 60.7 Å². The van der Waals surface area contributed by atoms with Crippen molar-refractivity contribution in [2.24, 2.45) is 11.7 Å². The van der Waals surface area contributed by atoms with Crippen LogP contribution in [0.25, 0.3) is 0 Å². The molecule has 0 radical (unpaired) electrons. The standard InChI is InChI=1S/C26H32N4O3/c27-23(31)19-28-14-7-15-29(17-16-28)26(33)22-12-13-24(32)30(18-20-8-3-1-4-9-20)25(22)21-10-5-2-6-11-21/h1-6,8-11,22,25H,7,12-19H2,(H2,27,31). The molecule has 174 valence electrons. The number of amides is 3. The quantitative estimate of drug-likeness (QED) is 0.734. The minimum atomic E-state index is -0.346. The fraction of sp³-hybridized carbons (Fsp3) is 0.423. The summed E-state index contributed by atoms with van der Waals surface area (Å²) in [7, 11) is 0. The molecule has 7 heteroatoms. The number of hydrogen-bond donors (Lipinski definition) is 1. The van der Waals surface area contributed by atoms with Crippen molar-refractivity contribution >= 4 is 17.7 Å². The maximum Gasteiger partial charge on any atom is 0.231 e. The SMILES string of the molecule is NC(=O)CN1CCCN(C(=O)C2CCC(=O)N(Cc3ccccc3)C2c2ccccc2)CC1. The summed E-state index contributed by atoms with van der Waals surface area (Å²) in [4.78, 5) is 44.0. The van der Waals surface area contributed by atoms with Crippen molar-refractivity contribution < 1.29 is 14.4 Å². The van der Waals surface area contributed by atoms with Gasteiger partial charge in [-0.2, -0.15) is 0 Å². The van der Waals surface area contributed by atoms with Gasteiger partial charge < -0.3 is 15.5 Å². The average Bonchev–Trinajstić information content (AvgIpc) is 3.06. The van der Waals surface area contributed by atoms with E-state index in [2.05, 4.69) is 0 Å². The van der Waals surface area contributed by atoms with Gasteiger partial charge in [0.2, 0.25) is 17.7 Å². The molecule has 2 N–H and O–H groups in total. The van der Waals surface area contributed by atoms with E-state index in [1.807, 2.05) is 75.4 Å². The highest BCUT2D eigenvalue weighted by molar-refractivity contribution is 5.85. The van der Waals surface area contributed by atoms with Crippen LogP contribution in [0, 0.1) is 5.92 Å². The van der Waals surface area contributed by atoms with Crippen molar-refractivity contribution in [2.45, 2.75) is 31.8 Å². The smallest absolute Gasteiger partial charge is 0.231 e. The Labute approximate surface area is 195 Å². The van der Waals surface area contributed by atoms with Crippen LogP contribution in [0.1, 0.15) is 36.4 Å². The second-order valence-corrected chi connectivity index (χ2v) is 8.93. The van der Waals surface area contributed by atoms with Crippen molar-refractivity contribution in [2.75, 3.05) is 32.7 Å². The van der Waals surface area contributed by atoms with Gasteiger partial charge in [0, 0.05) is 39.1 Å². The molecule has 2 atom stereocenters. The Hall–Kier alpha value is -3.19. The van der Waals surface area contributed by atoms with E-state index >= 15 is 0 Å². The topological polar surface area (TPSA) is 87.0 Å². The highest BCUT2D eigenvalue weighted by atomic mass is 16.2. The monoisotopic (exact) mass is 448 g/mol. The average molecular weight is 449 g/mol. The molecular formula is C26H32N4O3. The zero-order valence-corrected chi connectivity index (χ0v) is 18.9. The zero-order chi connectivity index (χ0) is 23.2. The third-order valence-electron chi connectivity index (χ3n) is 6.64. The summed E-state index contributed by atoms with van der Waals surface area (Å²) in [6.45, 7) is 3.30. The molecule has 33 heavy (non-hydrogen) atoms. The van der Waals surface area contributed by atoms with Gasteiger partial charge in [-0.15, -0.1) is 0 Å². The Kier molecular flexibility index (Phi) is 7.40. The summed E-state index contributed by atoms with van der Waals surface area (Å²) in [6.07, 6.45) is 1.71. The highest BCUT2D eigenvalue weighted by Crippen LogP contribution is 2.39. The molecule has 2 aliphatic rings. The Morgan fingerprint density at radius 1 is 0.909 bits per heavy atom. The van der Waals surface area contributed by atoms with Crippen LogP contribution in [0.5, 0.6) is 0 Å². The van der Waals surface area contributed by atoms with Crippen LogP contribution in [0.4, 0.5) is 0 Å². The second kappa shape index (κ2) is 10.6. The molecule has 0 saturated carbocycles. The highest BCUT2D eigenvalue weighted by Gasteiger charge is 2.42. The molecule has 0 bridgehead atoms. The van der Waals surface area contributed by atoms with E-state index in [0.717, 1.165) is 24.1 Å². The van der Waals surface area contributed by atoms with Crippen LogP contribution in [-0.2, 0) is 20.9 Å². The van der Waals surface area contributed by atoms with E-state index in [-0.39, 0.29) is 36.2 Å². The number of rotatable bonds is 6. The predicted octanol–water partition coefficient (Wildman–Crippen LogP) is 2.19. The summed E-state index contributed by atoms with van der Waals surface area (Å²) in [5, 5.41) is 0. The third kappa shape index (κ3) is 5.60. The van der Waals surface area contributed by atoms with Crippen LogP contribution >= 0.6 is 0 Å². The van der Waals surface area contributed by atoms with Crippen LogP contribution in [-0.4, -0.2) is 65.1 Å². The number of nitrogens with two attached hydrogens (primary N) is 1. The number of carbonyl (C=O) groups excluding carboxylic acids is 3. The van der Waals surface area contributed by atoms with E-state index in [1.165, 1.54) is 0 Å². The van der Waals surface area contributed by atoms with E-state index in [9.17, 15) is 14.4 Å². The zero-order valence-electron chi connectivity index (χ0n) is 18.9. The number of hydrogen-bond acceptors (Lipinski definition) is 4. The molecule has 2 fully saturated rings. The first-order chi connectivity index (χ1) is 16.0. The van der Waals surface area contributed by atoms with Crippen LogP contribution in [0.2, 0.25) is 0 Å². The van der Waals surface area contributed by atoms with Gasteiger partial charge in [-0.3, -0.25) is 19.3 Å². The number of benzene rings is 2. The van der Waals surface area contributed by atoms with Gasteiger partial charge in [0.1, 0.15) is 0 Å². The molecule has 2 aliphatic heterocycles. The second-order valence-electron chi connectivity index (χ2n) is 8.93. The summed E-state index contributed by atoms with van der Waals surface area (Å²) in [6, 6.07) is 19.5. The lowest BCUT2D eigenvalue weighted by Crippen LogP contribution is -2.49. The third-order valence-corrected chi connectivity index (χ3v) is 6.64. The molecule has 0 aliphatic carbocycles. The van der Waals surface area contributed by atoms with Crippen molar-refractivity contribution in [3.05, 3.63) is 71.8 Å². The van der Waals surface area contributed by atoms with E-state index in [1.54, 1.807) is 0 Å². The molecule has 7 nitrogen and oxygen atoms in total. The first-order valence-corrected chi connectivity index (χ1v) is 11.7. The number of piperidine rings is 1. The van der Waals surface area contributed by atoms with Gasteiger partial charge in [-0.05, 0) is 24.0 Å². The molecule has 0 spiro atoms. The van der Waals surface area contributed by atoms with Gasteiger partial charge in [0.15, 0.2) is 0 Å². The van der Waals surface area contributed by atoms with Gasteiger partial charge in [0.05, 0.1) is 18.5 Å². The first kappa shape index (κ1) is 23.0. The molecular weight excluding hydrogens is 416 g/mol. The minimum absolute atomic E-state index is 0.0836. The molecule has 2 unspecified atom stereocenters. The largest absolute Gasteiger partial charge is 0.369 e. The van der Waals surface area contributed by atoms with Gasteiger partial charge >= 0.3 is 0 Å². The van der Waals surface area contributed by atoms with E-state index in [0.29, 0.717) is 39.0 Å². The first-order valence-electron chi connectivity index (χ1n) is 11.7.